The normalized spacial score (nSPS) is 23.4. The van der Waals surface area contributed by atoms with Crippen LogP contribution in [-0.2, 0) is 0 Å². The average Bonchev–Trinajstić information content (AvgIpc) is 2.33. The van der Waals surface area contributed by atoms with Crippen molar-refractivity contribution >= 4 is 0 Å². The zero-order valence-electron chi connectivity index (χ0n) is 6.84. The van der Waals surface area contributed by atoms with Gasteiger partial charge in [-0.05, 0) is 0 Å². The molecule has 2 heteroatoms. The molecule has 0 amide bonds. The second-order valence-electron chi connectivity index (χ2n) is 3.57. The number of aliphatic hydroxyl groups is 1. The van der Waals surface area contributed by atoms with Crippen LogP contribution < -0.4 is 0 Å². The molecule has 0 saturated carbocycles. The van der Waals surface area contributed by atoms with Crippen molar-refractivity contribution in [2.24, 2.45) is 0 Å². The van der Waals surface area contributed by atoms with E-state index >= 15 is 0 Å². The molecule has 1 rings (SSSR count). The molecule has 1 aliphatic rings. The third-order valence-electron chi connectivity index (χ3n) is 2.50. The standard InChI is InChI=1S/C8H18NO/c1-9(7-4-8-10)5-2-3-6-9/h10H,2-8H2,1H3/q+1. The van der Waals surface area contributed by atoms with Crippen LogP contribution in [0.2, 0.25) is 0 Å². The summed E-state index contributed by atoms with van der Waals surface area (Å²) >= 11 is 0. The maximum Gasteiger partial charge on any atom is 0.0806 e. The van der Waals surface area contributed by atoms with Gasteiger partial charge in [0.2, 0.25) is 0 Å². The van der Waals surface area contributed by atoms with Crippen molar-refractivity contribution in [3.05, 3.63) is 0 Å². The molecular weight excluding hydrogens is 126 g/mol. The van der Waals surface area contributed by atoms with Crippen molar-refractivity contribution in [2.75, 3.05) is 33.3 Å². The van der Waals surface area contributed by atoms with Crippen LogP contribution in [0.15, 0.2) is 0 Å². The summed E-state index contributed by atoms with van der Waals surface area (Å²) in [6, 6.07) is 0. The Morgan fingerprint density at radius 1 is 1.30 bits per heavy atom. The SMILES string of the molecule is C[N+]1(CCCO)CCCC1. The molecule has 0 radical (unpaired) electrons. The van der Waals surface area contributed by atoms with Gasteiger partial charge in [-0.15, -0.1) is 0 Å². The highest BCUT2D eigenvalue weighted by molar-refractivity contribution is 4.51. The first-order chi connectivity index (χ1) is 4.77. The van der Waals surface area contributed by atoms with Crippen LogP contribution in [0.4, 0.5) is 0 Å². The maximum absolute atomic E-state index is 8.63. The van der Waals surface area contributed by atoms with Crippen molar-refractivity contribution in [1.29, 1.82) is 0 Å². The minimum Gasteiger partial charge on any atom is -0.396 e. The van der Waals surface area contributed by atoms with Gasteiger partial charge in [-0.25, -0.2) is 0 Å². The fraction of sp³-hybridized carbons (Fsp3) is 1.00. The van der Waals surface area contributed by atoms with E-state index in [1.807, 2.05) is 0 Å². The van der Waals surface area contributed by atoms with Gasteiger partial charge in [-0.1, -0.05) is 0 Å². The molecule has 1 N–H and O–H groups in total. The predicted molar refractivity (Wildman–Crippen MR) is 41.7 cm³/mol. The number of nitrogens with zero attached hydrogens (tertiary/aromatic N) is 1. The van der Waals surface area contributed by atoms with Gasteiger partial charge < -0.3 is 9.59 Å². The van der Waals surface area contributed by atoms with Crippen LogP contribution in [0.1, 0.15) is 19.3 Å². The number of aliphatic hydroxyl groups excluding tert-OH is 1. The van der Waals surface area contributed by atoms with E-state index in [4.69, 9.17) is 5.11 Å². The van der Waals surface area contributed by atoms with Crippen LogP contribution in [0.25, 0.3) is 0 Å². The third-order valence-corrected chi connectivity index (χ3v) is 2.50. The Kier molecular flexibility index (Phi) is 2.69. The summed E-state index contributed by atoms with van der Waals surface area (Å²) in [5, 5.41) is 8.63. The molecule has 1 heterocycles. The Bertz CT molecular complexity index is 97.4. The maximum atomic E-state index is 8.63. The summed E-state index contributed by atoms with van der Waals surface area (Å²) in [5.41, 5.74) is 0. The Balaban J connectivity index is 2.22. The highest BCUT2D eigenvalue weighted by atomic mass is 16.3. The van der Waals surface area contributed by atoms with Gasteiger partial charge >= 0.3 is 0 Å². The molecule has 2 nitrogen and oxygen atoms in total. The van der Waals surface area contributed by atoms with E-state index in [2.05, 4.69) is 7.05 Å². The quantitative estimate of drug-likeness (QED) is 0.575. The van der Waals surface area contributed by atoms with E-state index in [1.165, 1.54) is 30.4 Å². The third kappa shape index (κ3) is 1.96. The molecule has 1 aliphatic heterocycles. The first-order valence-corrected chi connectivity index (χ1v) is 4.21. The van der Waals surface area contributed by atoms with Gasteiger partial charge in [0.15, 0.2) is 0 Å². The molecule has 0 unspecified atom stereocenters. The fourth-order valence-electron chi connectivity index (χ4n) is 1.77. The molecule has 0 aromatic rings. The van der Waals surface area contributed by atoms with E-state index in [0.717, 1.165) is 13.0 Å². The second-order valence-corrected chi connectivity index (χ2v) is 3.57. The van der Waals surface area contributed by atoms with Gasteiger partial charge in [0.05, 0.1) is 26.7 Å². The fourth-order valence-corrected chi connectivity index (χ4v) is 1.77. The minimum atomic E-state index is 0.355. The Labute approximate surface area is 63.1 Å². The summed E-state index contributed by atoms with van der Waals surface area (Å²) < 4.78 is 1.20. The lowest BCUT2D eigenvalue weighted by molar-refractivity contribution is -0.897. The molecule has 0 aliphatic carbocycles. The molecule has 0 bridgehead atoms. The first-order valence-electron chi connectivity index (χ1n) is 4.21. The largest absolute Gasteiger partial charge is 0.396 e. The van der Waals surface area contributed by atoms with Crippen molar-refractivity contribution in [1.82, 2.24) is 0 Å². The molecule has 1 fully saturated rings. The molecule has 1 saturated heterocycles. The van der Waals surface area contributed by atoms with E-state index in [0.29, 0.717) is 6.61 Å². The van der Waals surface area contributed by atoms with Crippen LogP contribution >= 0.6 is 0 Å². The summed E-state index contributed by atoms with van der Waals surface area (Å²) in [5.74, 6) is 0. The van der Waals surface area contributed by atoms with Gasteiger partial charge in [-0.3, -0.25) is 0 Å². The van der Waals surface area contributed by atoms with Crippen LogP contribution in [0.3, 0.4) is 0 Å². The zero-order chi connectivity index (χ0) is 7.45. The van der Waals surface area contributed by atoms with Gasteiger partial charge in [-0.2, -0.15) is 0 Å². The van der Waals surface area contributed by atoms with Crippen LogP contribution in [0, 0.1) is 0 Å². The molecular formula is C8H18NO+. The Morgan fingerprint density at radius 2 is 1.90 bits per heavy atom. The van der Waals surface area contributed by atoms with Gasteiger partial charge in [0.1, 0.15) is 0 Å². The van der Waals surface area contributed by atoms with E-state index in [-0.39, 0.29) is 0 Å². The summed E-state index contributed by atoms with van der Waals surface area (Å²) in [7, 11) is 2.29. The van der Waals surface area contributed by atoms with Crippen molar-refractivity contribution in [3.8, 4) is 0 Å². The molecule has 0 spiro atoms. The number of hydrogen-bond donors (Lipinski definition) is 1. The average molecular weight is 144 g/mol. The monoisotopic (exact) mass is 144 g/mol. The smallest absolute Gasteiger partial charge is 0.0806 e. The summed E-state index contributed by atoms with van der Waals surface area (Å²) in [6.07, 6.45) is 3.72. The predicted octanol–water partition coefficient (Wildman–Crippen LogP) is 0.609. The number of quaternary nitrogens is 1. The van der Waals surface area contributed by atoms with Crippen LogP contribution in [0.5, 0.6) is 0 Å². The van der Waals surface area contributed by atoms with E-state index < -0.39 is 0 Å². The molecule has 0 atom stereocenters. The minimum absolute atomic E-state index is 0.355. The number of likely N-dealkylation sites (tertiary alicyclic amines) is 1. The summed E-state index contributed by atoms with van der Waals surface area (Å²) in [4.78, 5) is 0. The lowest BCUT2D eigenvalue weighted by Gasteiger charge is -2.28. The molecule has 10 heavy (non-hydrogen) atoms. The zero-order valence-corrected chi connectivity index (χ0v) is 6.84. The topological polar surface area (TPSA) is 20.2 Å². The number of hydrogen-bond acceptors (Lipinski definition) is 1. The molecule has 60 valence electrons. The highest BCUT2D eigenvalue weighted by Gasteiger charge is 2.25. The lowest BCUT2D eigenvalue weighted by atomic mass is 10.3. The van der Waals surface area contributed by atoms with Crippen molar-refractivity contribution in [3.63, 3.8) is 0 Å². The summed E-state index contributed by atoms with van der Waals surface area (Å²) in [6.45, 7) is 4.16. The molecule has 0 aromatic carbocycles. The second kappa shape index (κ2) is 3.35. The lowest BCUT2D eigenvalue weighted by Crippen LogP contribution is -2.41. The van der Waals surface area contributed by atoms with Gasteiger partial charge in [0.25, 0.3) is 0 Å². The van der Waals surface area contributed by atoms with Crippen molar-refractivity contribution < 1.29 is 9.59 Å². The first kappa shape index (κ1) is 8.02. The van der Waals surface area contributed by atoms with Crippen LogP contribution in [-0.4, -0.2) is 42.9 Å². The van der Waals surface area contributed by atoms with E-state index in [9.17, 15) is 0 Å². The molecule has 0 aromatic heterocycles. The van der Waals surface area contributed by atoms with Crippen molar-refractivity contribution in [2.45, 2.75) is 19.3 Å². The Hall–Kier alpha value is -0.0800. The number of rotatable bonds is 3. The Morgan fingerprint density at radius 3 is 2.40 bits per heavy atom. The van der Waals surface area contributed by atoms with Gasteiger partial charge in [0, 0.05) is 25.9 Å². The highest BCUT2D eigenvalue weighted by Crippen LogP contribution is 2.16. The van der Waals surface area contributed by atoms with E-state index in [1.54, 1.807) is 0 Å².